The van der Waals surface area contributed by atoms with Crippen molar-refractivity contribution in [2.45, 2.75) is 12.8 Å². The van der Waals surface area contributed by atoms with Crippen molar-refractivity contribution in [2.24, 2.45) is 5.73 Å². The second-order valence-corrected chi connectivity index (χ2v) is 3.30. The average Bonchev–Trinajstić information content (AvgIpc) is 2.03. The van der Waals surface area contributed by atoms with Gasteiger partial charge in [0.05, 0.1) is 4.99 Å². The molecule has 0 aromatic heterocycles. The molecule has 0 unspecified atom stereocenters. The first-order valence-electron chi connectivity index (χ1n) is 3.94. The molecule has 2 nitrogen and oxygen atoms in total. The normalized spacial score (nSPS) is 18.5. The summed E-state index contributed by atoms with van der Waals surface area (Å²) in [6, 6.07) is 0. The minimum Gasteiger partial charge on any atom is -0.393 e. The maximum absolute atomic E-state index is 5.40. The van der Waals surface area contributed by atoms with Crippen molar-refractivity contribution in [2.75, 3.05) is 19.6 Å². The molecule has 0 radical (unpaired) electrons. The number of rotatable bonds is 3. The smallest absolute Gasteiger partial charge is 0.0740 e. The van der Waals surface area contributed by atoms with Crippen LogP contribution >= 0.6 is 12.2 Å². The average molecular weight is 170 g/mol. The highest BCUT2D eigenvalue weighted by Gasteiger charge is 2.04. The lowest BCUT2D eigenvalue weighted by Gasteiger charge is -2.22. The van der Waals surface area contributed by atoms with Crippen molar-refractivity contribution in [1.82, 2.24) is 4.90 Å². The lowest BCUT2D eigenvalue weighted by molar-refractivity contribution is 0.308. The highest BCUT2D eigenvalue weighted by atomic mass is 32.1. The van der Waals surface area contributed by atoms with E-state index in [1.165, 1.54) is 0 Å². The molecule has 1 aliphatic rings. The predicted molar refractivity (Wildman–Crippen MR) is 51.6 cm³/mol. The Morgan fingerprint density at radius 3 is 2.91 bits per heavy atom. The van der Waals surface area contributed by atoms with Crippen molar-refractivity contribution in [3.63, 3.8) is 0 Å². The van der Waals surface area contributed by atoms with Crippen LogP contribution in [0.15, 0.2) is 12.2 Å². The molecule has 1 aliphatic heterocycles. The third-order valence-corrected chi connectivity index (χ3v) is 2.02. The van der Waals surface area contributed by atoms with Gasteiger partial charge in [0.2, 0.25) is 0 Å². The Labute approximate surface area is 73.1 Å². The van der Waals surface area contributed by atoms with E-state index in [0.29, 0.717) is 4.99 Å². The number of hydrogen-bond donors (Lipinski definition) is 1. The van der Waals surface area contributed by atoms with E-state index in [-0.39, 0.29) is 0 Å². The van der Waals surface area contributed by atoms with Gasteiger partial charge in [0.1, 0.15) is 0 Å². The summed E-state index contributed by atoms with van der Waals surface area (Å²) < 4.78 is 0. The van der Waals surface area contributed by atoms with Gasteiger partial charge in [-0.2, -0.15) is 0 Å². The van der Waals surface area contributed by atoms with Gasteiger partial charge in [-0.1, -0.05) is 24.4 Å². The maximum atomic E-state index is 5.40. The summed E-state index contributed by atoms with van der Waals surface area (Å²) in [7, 11) is 0. The fourth-order valence-corrected chi connectivity index (χ4v) is 1.25. The number of nitrogens with zero attached hydrogens (tertiary/aromatic N) is 1. The Morgan fingerprint density at radius 2 is 2.36 bits per heavy atom. The Kier molecular flexibility index (Phi) is 3.52. The van der Waals surface area contributed by atoms with E-state index in [1.54, 1.807) is 0 Å². The molecular formula is C8H14N2S. The zero-order valence-corrected chi connectivity index (χ0v) is 7.44. The first-order valence-corrected chi connectivity index (χ1v) is 4.35. The quantitative estimate of drug-likeness (QED) is 0.504. The molecule has 0 aliphatic carbocycles. The summed E-state index contributed by atoms with van der Waals surface area (Å²) in [6.45, 7) is 3.22. The van der Waals surface area contributed by atoms with Gasteiger partial charge in [0, 0.05) is 26.1 Å². The molecule has 0 amide bonds. The molecule has 1 rings (SSSR count). The Hall–Kier alpha value is -0.410. The van der Waals surface area contributed by atoms with Crippen LogP contribution in [0.1, 0.15) is 12.8 Å². The first kappa shape index (κ1) is 8.68. The van der Waals surface area contributed by atoms with Crippen LogP contribution in [0.4, 0.5) is 0 Å². The molecular weight excluding hydrogens is 156 g/mol. The van der Waals surface area contributed by atoms with Crippen LogP contribution in [0.25, 0.3) is 0 Å². The molecule has 0 aromatic carbocycles. The van der Waals surface area contributed by atoms with Crippen LogP contribution in [-0.2, 0) is 0 Å². The highest BCUT2D eigenvalue weighted by molar-refractivity contribution is 7.80. The SMILES string of the molecule is NC(=S)CCN1CC=CCC1. The van der Waals surface area contributed by atoms with E-state index in [1.807, 2.05) is 0 Å². The molecule has 0 saturated heterocycles. The highest BCUT2D eigenvalue weighted by Crippen LogP contribution is 2.01. The largest absolute Gasteiger partial charge is 0.393 e. The molecule has 0 aromatic rings. The van der Waals surface area contributed by atoms with E-state index < -0.39 is 0 Å². The fourth-order valence-electron chi connectivity index (χ4n) is 1.16. The van der Waals surface area contributed by atoms with Crippen molar-refractivity contribution in [3.05, 3.63) is 12.2 Å². The topological polar surface area (TPSA) is 29.3 Å². The monoisotopic (exact) mass is 170 g/mol. The number of nitrogens with two attached hydrogens (primary N) is 1. The number of thiocarbonyl (C=S) groups is 1. The fraction of sp³-hybridized carbons (Fsp3) is 0.625. The van der Waals surface area contributed by atoms with E-state index in [9.17, 15) is 0 Å². The Balaban J connectivity index is 2.16. The molecule has 0 fully saturated rings. The van der Waals surface area contributed by atoms with Crippen molar-refractivity contribution >= 4 is 17.2 Å². The van der Waals surface area contributed by atoms with Gasteiger partial charge < -0.3 is 5.73 Å². The van der Waals surface area contributed by atoms with Crippen molar-refractivity contribution in [1.29, 1.82) is 0 Å². The molecule has 3 heteroatoms. The van der Waals surface area contributed by atoms with Crippen LogP contribution in [0.5, 0.6) is 0 Å². The lowest BCUT2D eigenvalue weighted by Crippen LogP contribution is -2.30. The summed E-state index contributed by atoms with van der Waals surface area (Å²) in [5.41, 5.74) is 5.40. The summed E-state index contributed by atoms with van der Waals surface area (Å²) in [6.07, 6.45) is 6.43. The third kappa shape index (κ3) is 3.49. The molecule has 0 atom stereocenters. The molecule has 11 heavy (non-hydrogen) atoms. The van der Waals surface area contributed by atoms with Gasteiger partial charge in [-0.15, -0.1) is 0 Å². The van der Waals surface area contributed by atoms with Crippen LogP contribution in [0.2, 0.25) is 0 Å². The Bertz CT molecular complexity index is 165. The van der Waals surface area contributed by atoms with Crippen molar-refractivity contribution in [3.8, 4) is 0 Å². The van der Waals surface area contributed by atoms with Crippen LogP contribution in [-0.4, -0.2) is 29.5 Å². The predicted octanol–water partition coefficient (Wildman–Crippen LogP) is 0.925. The van der Waals surface area contributed by atoms with Gasteiger partial charge in [-0.25, -0.2) is 0 Å². The van der Waals surface area contributed by atoms with Crippen LogP contribution in [0.3, 0.4) is 0 Å². The van der Waals surface area contributed by atoms with E-state index >= 15 is 0 Å². The van der Waals surface area contributed by atoms with Gasteiger partial charge in [0.25, 0.3) is 0 Å². The number of hydrogen-bond acceptors (Lipinski definition) is 2. The van der Waals surface area contributed by atoms with Crippen molar-refractivity contribution < 1.29 is 0 Å². The zero-order valence-electron chi connectivity index (χ0n) is 6.62. The zero-order chi connectivity index (χ0) is 8.10. The molecule has 0 spiro atoms. The van der Waals surface area contributed by atoms with E-state index in [2.05, 4.69) is 17.1 Å². The second-order valence-electron chi connectivity index (χ2n) is 2.78. The van der Waals surface area contributed by atoms with Gasteiger partial charge in [0.15, 0.2) is 0 Å². The summed E-state index contributed by atoms with van der Waals surface area (Å²) in [4.78, 5) is 2.98. The van der Waals surface area contributed by atoms with Gasteiger partial charge in [-0.3, -0.25) is 4.90 Å². The molecule has 0 bridgehead atoms. The van der Waals surface area contributed by atoms with Gasteiger partial charge in [-0.05, 0) is 6.42 Å². The maximum Gasteiger partial charge on any atom is 0.0740 e. The van der Waals surface area contributed by atoms with Crippen LogP contribution in [0, 0.1) is 0 Å². The Morgan fingerprint density at radius 1 is 1.55 bits per heavy atom. The van der Waals surface area contributed by atoms with Gasteiger partial charge >= 0.3 is 0 Å². The molecule has 1 heterocycles. The minimum atomic E-state index is 0.625. The minimum absolute atomic E-state index is 0.625. The summed E-state index contributed by atoms with van der Waals surface area (Å²) in [5.74, 6) is 0. The third-order valence-electron chi connectivity index (χ3n) is 1.82. The summed E-state index contributed by atoms with van der Waals surface area (Å²) in [5, 5.41) is 0. The summed E-state index contributed by atoms with van der Waals surface area (Å²) >= 11 is 4.80. The van der Waals surface area contributed by atoms with Crippen LogP contribution < -0.4 is 5.73 Å². The lowest BCUT2D eigenvalue weighted by atomic mass is 10.2. The standard InChI is InChI=1S/C8H14N2S/c9-8(11)4-7-10-5-2-1-3-6-10/h1-2H,3-7H2,(H2,9,11). The van der Waals surface area contributed by atoms with E-state index in [0.717, 1.165) is 32.5 Å². The molecule has 62 valence electrons. The van der Waals surface area contributed by atoms with E-state index in [4.69, 9.17) is 18.0 Å². The second kappa shape index (κ2) is 4.46. The molecule has 0 saturated carbocycles. The molecule has 2 N–H and O–H groups in total. The first-order chi connectivity index (χ1) is 5.29.